The van der Waals surface area contributed by atoms with Crippen LogP contribution in [0.4, 0.5) is 5.82 Å². The van der Waals surface area contributed by atoms with Gasteiger partial charge in [0.2, 0.25) is 10.0 Å². The maximum atomic E-state index is 11.0. The van der Waals surface area contributed by atoms with E-state index in [9.17, 15) is 8.42 Å². The second-order valence-corrected chi connectivity index (χ2v) is 7.71. The summed E-state index contributed by atoms with van der Waals surface area (Å²) in [5.74, 6) is 0.949. The third-order valence-electron chi connectivity index (χ3n) is 4.07. The number of rotatable bonds is 6. The monoisotopic (exact) mass is 327 g/mol. The molecule has 1 aliphatic heterocycles. The van der Waals surface area contributed by atoms with Gasteiger partial charge in [-0.15, -0.1) is 5.10 Å². The van der Waals surface area contributed by atoms with Crippen LogP contribution in [0.3, 0.4) is 0 Å². The molecule has 0 amide bonds. The van der Waals surface area contributed by atoms with Gasteiger partial charge in [-0.2, -0.15) is 5.10 Å². The Hall–Kier alpha value is -1.25. The van der Waals surface area contributed by atoms with Crippen LogP contribution in [0.15, 0.2) is 12.1 Å². The first kappa shape index (κ1) is 17.1. The number of hydrogen-bond acceptors (Lipinski definition) is 6. The topological polar surface area (TPSA) is 92.4 Å². The van der Waals surface area contributed by atoms with Crippen molar-refractivity contribution in [1.82, 2.24) is 15.1 Å². The SMILES string of the molecule is Cc1ccc(N2CCCC(N(C)CCCS(N)(=O)=O)C2)nn1. The van der Waals surface area contributed by atoms with Crippen LogP contribution < -0.4 is 10.0 Å². The third kappa shape index (κ3) is 5.19. The van der Waals surface area contributed by atoms with Crippen LogP contribution in [-0.4, -0.2) is 62.0 Å². The molecule has 0 radical (unpaired) electrons. The van der Waals surface area contributed by atoms with Crippen molar-refractivity contribution in [2.75, 3.05) is 37.3 Å². The minimum absolute atomic E-state index is 0.0389. The van der Waals surface area contributed by atoms with Gasteiger partial charge >= 0.3 is 0 Å². The van der Waals surface area contributed by atoms with Crippen LogP contribution in [0, 0.1) is 6.92 Å². The summed E-state index contributed by atoms with van der Waals surface area (Å²) in [5.41, 5.74) is 0.914. The summed E-state index contributed by atoms with van der Waals surface area (Å²) in [4.78, 5) is 4.47. The lowest BCUT2D eigenvalue weighted by Crippen LogP contribution is -2.47. The largest absolute Gasteiger partial charge is 0.354 e. The fourth-order valence-corrected chi connectivity index (χ4v) is 3.31. The fraction of sp³-hybridized carbons (Fsp3) is 0.714. The summed E-state index contributed by atoms with van der Waals surface area (Å²) in [6.07, 6.45) is 2.78. The number of likely N-dealkylation sites (N-methyl/N-ethyl adjacent to an activating group) is 1. The second-order valence-electron chi connectivity index (χ2n) is 5.98. The van der Waals surface area contributed by atoms with E-state index in [0.717, 1.165) is 44.0 Å². The summed E-state index contributed by atoms with van der Waals surface area (Å²) in [7, 11) is -1.32. The van der Waals surface area contributed by atoms with Crippen molar-refractivity contribution in [3.8, 4) is 0 Å². The highest BCUT2D eigenvalue weighted by atomic mass is 32.2. The van der Waals surface area contributed by atoms with Crippen molar-refractivity contribution < 1.29 is 8.42 Å². The molecule has 0 aromatic carbocycles. The van der Waals surface area contributed by atoms with Crippen LogP contribution in [0.25, 0.3) is 0 Å². The lowest BCUT2D eigenvalue weighted by atomic mass is 10.0. The van der Waals surface area contributed by atoms with Gasteiger partial charge in [0.05, 0.1) is 11.4 Å². The second kappa shape index (κ2) is 7.34. The lowest BCUT2D eigenvalue weighted by Gasteiger charge is -2.38. The van der Waals surface area contributed by atoms with Gasteiger partial charge in [0.1, 0.15) is 0 Å². The quantitative estimate of drug-likeness (QED) is 0.811. The number of hydrogen-bond donors (Lipinski definition) is 1. The van der Waals surface area contributed by atoms with Gasteiger partial charge in [0, 0.05) is 19.1 Å². The molecule has 1 atom stereocenters. The molecule has 22 heavy (non-hydrogen) atoms. The molecule has 2 rings (SSSR count). The Kier molecular flexibility index (Phi) is 5.71. The van der Waals surface area contributed by atoms with Gasteiger partial charge in [0.15, 0.2) is 5.82 Å². The van der Waals surface area contributed by atoms with Crippen molar-refractivity contribution >= 4 is 15.8 Å². The maximum absolute atomic E-state index is 11.0. The fourth-order valence-electron chi connectivity index (χ4n) is 2.78. The molecular weight excluding hydrogens is 302 g/mol. The van der Waals surface area contributed by atoms with E-state index in [-0.39, 0.29) is 5.75 Å². The summed E-state index contributed by atoms with van der Waals surface area (Å²) in [6, 6.07) is 4.38. The van der Waals surface area contributed by atoms with E-state index >= 15 is 0 Å². The first-order valence-electron chi connectivity index (χ1n) is 7.61. The average molecular weight is 327 g/mol. The number of nitrogens with zero attached hydrogens (tertiary/aromatic N) is 4. The van der Waals surface area contributed by atoms with Crippen LogP contribution in [0.2, 0.25) is 0 Å². The van der Waals surface area contributed by atoms with Gasteiger partial charge < -0.3 is 9.80 Å². The van der Waals surface area contributed by atoms with Crippen molar-refractivity contribution in [2.24, 2.45) is 5.14 Å². The minimum atomic E-state index is -3.36. The highest BCUT2D eigenvalue weighted by Gasteiger charge is 2.24. The van der Waals surface area contributed by atoms with E-state index in [4.69, 9.17) is 5.14 Å². The molecule has 2 heterocycles. The number of aromatic nitrogens is 2. The Balaban J connectivity index is 1.88. The zero-order chi connectivity index (χ0) is 16.2. The highest BCUT2D eigenvalue weighted by molar-refractivity contribution is 7.89. The van der Waals surface area contributed by atoms with Gasteiger partial charge in [-0.3, -0.25) is 0 Å². The Morgan fingerprint density at radius 2 is 2.18 bits per heavy atom. The predicted molar refractivity (Wildman–Crippen MR) is 87.2 cm³/mol. The van der Waals surface area contributed by atoms with Gasteiger partial charge in [-0.1, -0.05) is 0 Å². The number of sulfonamides is 1. The average Bonchev–Trinajstić information content (AvgIpc) is 2.47. The normalized spacial score (nSPS) is 19.6. The van der Waals surface area contributed by atoms with E-state index in [2.05, 4.69) is 20.0 Å². The summed E-state index contributed by atoms with van der Waals surface area (Å²) < 4.78 is 22.0. The summed E-state index contributed by atoms with van der Waals surface area (Å²) in [5, 5.41) is 13.4. The molecule has 0 saturated carbocycles. The maximum Gasteiger partial charge on any atom is 0.209 e. The van der Waals surface area contributed by atoms with Crippen LogP contribution in [0.5, 0.6) is 0 Å². The molecule has 1 aromatic heterocycles. The van der Waals surface area contributed by atoms with Crippen molar-refractivity contribution in [3.63, 3.8) is 0 Å². The standard InChI is InChI=1S/C14H25N5O2S/c1-12-6-7-14(17-16-12)19-9-3-5-13(11-19)18(2)8-4-10-22(15,20)21/h6-7,13H,3-5,8-11H2,1-2H3,(H2,15,20,21). The van der Waals surface area contributed by atoms with E-state index < -0.39 is 10.0 Å². The highest BCUT2D eigenvalue weighted by Crippen LogP contribution is 2.20. The minimum Gasteiger partial charge on any atom is -0.354 e. The third-order valence-corrected chi connectivity index (χ3v) is 4.93. The molecule has 124 valence electrons. The molecule has 1 aromatic rings. The van der Waals surface area contributed by atoms with E-state index in [1.807, 2.05) is 26.1 Å². The van der Waals surface area contributed by atoms with Gasteiger partial charge in [0.25, 0.3) is 0 Å². The Morgan fingerprint density at radius 1 is 1.41 bits per heavy atom. The summed E-state index contributed by atoms with van der Waals surface area (Å²) >= 11 is 0. The van der Waals surface area contributed by atoms with Crippen LogP contribution in [0.1, 0.15) is 25.0 Å². The summed E-state index contributed by atoms with van der Waals surface area (Å²) in [6.45, 7) is 4.53. The number of primary sulfonamides is 1. The molecular formula is C14H25N5O2S. The Morgan fingerprint density at radius 3 is 2.82 bits per heavy atom. The Labute approximate surface area is 132 Å². The first-order chi connectivity index (χ1) is 10.3. The van der Waals surface area contributed by atoms with Gasteiger partial charge in [-0.05, 0) is 51.9 Å². The smallest absolute Gasteiger partial charge is 0.209 e. The zero-order valence-corrected chi connectivity index (χ0v) is 14.1. The number of nitrogens with two attached hydrogens (primary N) is 1. The molecule has 1 saturated heterocycles. The van der Waals surface area contributed by atoms with Crippen LogP contribution >= 0.6 is 0 Å². The molecule has 0 aliphatic carbocycles. The lowest BCUT2D eigenvalue weighted by molar-refractivity contribution is 0.215. The number of anilines is 1. The van der Waals surface area contributed by atoms with E-state index in [1.165, 1.54) is 0 Å². The molecule has 1 aliphatic rings. The Bertz CT molecular complexity index is 575. The molecule has 0 spiro atoms. The number of aryl methyl sites for hydroxylation is 1. The van der Waals surface area contributed by atoms with E-state index in [0.29, 0.717) is 12.5 Å². The van der Waals surface area contributed by atoms with Crippen molar-refractivity contribution in [2.45, 2.75) is 32.2 Å². The van der Waals surface area contributed by atoms with Gasteiger partial charge in [-0.25, -0.2) is 13.6 Å². The molecule has 1 fully saturated rings. The molecule has 1 unspecified atom stereocenters. The molecule has 8 heteroatoms. The molecule has 2 N–H and O–H groups in total. The zero-order valence-electron chi connectivity index (χ0n) is 13.3. The first-order valence-corrected chi connectivity index (χ1v) is 9.33. The predicted octanol–water partition coefficient (Wildman–Crippen LogP) is 0.364. The number of piperidine rings is 1. The van der Waals surface area contributed by atoms with Crippen molar-refractivity contribution in [1.29, 1.82) is 0 Å². The molecule has 7 nitrogen and oxygen atoms in total. The van der Waals surface area contributed by atoms with Crippen LogP contribution in [-0.2, 0) is 10.0 Å². The van der Waals surface area contributed by atoms with Crippen molar-refractivity contribution in [3.05, 3.63) is 17.8 Å². The molecule has 0 bridgehead atoms. The van der Waals surface area contributed by atoms with E-state index in [1.54, 1.807) is 0 Å².